The van der Waals surface area contributed by atoms with Gasteiger partial charge in [0.2, 0.25) is 0 Å². The molecule has 1 atom stereocenters. The standard InChI is InChI=1S/C9H16O6/c1-3-6(10)4-9(14,8(12)13)5-7(11)15-2/h8,12-14H,3-5H2,1-2H3. The maximum absolute atomic E-state index is 11.1. The van der Waals surface area contributed by atoms with Gasteiger partial charge in [-0.1, -0.05) is 6.92 Å². The van der Waals surface area contributed by atoms with E-state index in [0.717, 1.165) is 7.11 Å². The van der Waals surface area contributed by atoms with E-state index >= 15 is 0 Å². The Hall–Kier alpha value is -0.980. The van der Waals surface area contributed by atoms with Gasteiger partial charge in [0.25, 0.3) is 0 Å². The van der Waals surface area contributed by atoms with Gasteiger partial charge in [-0.05, 0) is 0 Å². The monoisotopic (exact) mass is 220 g/mol. The molecule has 0 aromatic rings. The van der Waals surface area contributed by atoms with Crippen molar-refractivity contribution in [1.29, 1.82) is 0 Å². The van der Waals surface area contributed by atoms with Gasteiger partial charge in [0.05, 0.1) is 13.5 Å². The number of carbonyl (C=O) groups excluding carboxylic acids is 2. The number of ether oxygens (including phenoxy) is 1. The van der Waals surface area contributed by atoms with E-state index in [1.165, 1.54) is 0 Å². The molecular formula is C9H16O6. The number of esters is 1. The summed E-state index contributed by atoms with van der Waals surface area (Å²) in [5.74, 6) is -1.18. The van der Waals surface area contributed by atoms with Gasteiger partial charge in [-0.25, -0.2) is 0 Å². The molecule has 88 valence electrons. The molecule has 0 spiro atoms. The molecule has 0 saturated heterocycles. The van der Waals surface area contributed by atoms with Gasteiger partial charge in [0.1, 0.15) is 11.4 Å². The first kappa shape index (κ1) is 14.0. The molecule has 0 rings (SSSR count). The van der Waals surface area contributed by atoms with Gasteiger partial charge < -0.3 is 20.1 Å². The number of aliphatic hydroxyl groups is 3. The van der Waals surface area contributed by atoms with Crippen LogP contribution in [-0.4, -0.2) is 46.1 Å². The summed E-state index contributed by atoms with van der Waals surface area (Å²) >= 11 is 0. The van der Waals surface area contributed by atoms with Crippen LogP contribution in [0.25, 0.3) is 0 Å². The van der Waals surface area contributed by atoms with E-state index in [9.17, 15) is 14.7 Å². The topological polar surface area (TPSA) is 104 Å². The van der Waals surface area contributed by atoms with Crippen LogP contribution in [0.3, 0.4) is 0 Å². The fourth-order valence-electron chi connectivity index (χ4n) is 1.03. The average molecular weight is 220 g/mol. The van der Waals surface area contributed by atoms with E-state index in [1.54, 1.807) is 6.92 Å². The summed E-state index contributed by atoms with van der Waals surface area (Å²) in [6.07, 6.45) is -3.13. The molecule has 0 bridgehead atoms. The minimum atomic E-state index is -2.17. The molecule has 0 aliphatic heterocycles. The van der Waals surface area contributed by atoms with E-state index in [2.05, 4.69) is 4.74 Å². The highest BCUT2D eigenvalue weighted by atomic mass is 16.5. The zero-order valence-electron chi connectivity index (χ0n) is 8.77. The minimum absolute atomic E-state index is 0.149. The summed E-state index contributed by atoms with van der Waals surface area (Å²) in [5.41, 5.74) is -2.17. The van der Waals surface area contributed by atoms with Crippen molar-refractivity contribution in [1.82, 2.24) is 0 Å². The molecule has 0 aliphatic carbocycles. The summed E-state index contributed by atoms with van der Waals surface area (Å²) in [7, 11) is 1.11. The lowest BCUT2D eigenvalue weighted by atomic mass is 9.91. The summed E-state index contributed by atoms with van der Waals surface area (Å²) in [6.45, 7) is 1.57. The maximum Gasteiger partial charge on any atom is 0.308 e. The fourth-order valence-corrected chi connectivity index (χ4v) is 1.03. The van der Waals surface area contributed by atoms with Crippen molar-refractivity contribution in [2.24, 2.45) is 0 Å². The smallest absolute Gasteiger partial charge is 0.308 e. The second-order valence-electron chi connectivity index (χ2n) is 3.30. The molecule has 0 radical (unpaired) electrons. The molecule has 0 heterocycles. The third kappa shape index (κ3) is 4.37. The van der Waals surface area contributed by atoms with Crippen LogP contribution >= 0.6 is 0 Å². The Morgan fingerprint density at radius 1 is 1.33 bits per heavy atom. The SMILES string of the molecule is CCC(=O)CC(O)(CC(=O)OC)C(O)O. The van der Waals surface area contributed by atoms with Crippen molar-refractivity contribution < 1.29 is 29.6 Å². The van der Waals surface area contributed by atoms with Crippen molar-refractivity contribution >= 4 is 11.8 Å². The van der Waals surface area contributed by atoms with Gasteiger partial charge in [0.15, 0.2) is 6.29 Å². The molecule has 0 fully saturated rings. The molecule has 0 aromatic heterocycles. The number of carbonyl (C=O) groups is 2. The van der Waals surface area contributed by atoms with Crippen LogP contribution in [0.15, 0.2) is 0 Å². The molecule has 0 aliphatic rings. The molecule has 3 N–H and O–H groups in total. The van der Waals surface area contributed by atoms with Gasteiger partial charge in [-0.2, -0.15) is 0 Å². The summed E-state index contributed by atoms with van der Waals surface area (Å²) in [6, 6.07) is 0. The largest absolute Gasteiger partial charge is 0.469 e. The molecule has 0 amide bonds. The van der Waals surface area contributed by atoms with Crippen LogP contribution in [0.4, 0.5) is 0 Å². The first-order valence-electron chi connectivity index (χ1n) is 4.52. The molecule has 6 nitrogen and oxygen atoms in total. The van der Waals surface area contributed by atoms with Crippen molar-refractivity contribution in [2.75, 3.05) is 7.11 Å². The lowest BCUT2D eigenvalue weighted by molar-refractivity contribution is -0.197. The Bertz CT molecular complexity index is 217. The van der Waals surface area contributed by atoms with Crippen molar-refractivity contribution in [2.45, 2.75) is 38.1 Å². The average Bonchev–Trinajstić information content (AvgIpc) is 2.16. The summed E-state index contributed by atoms with van der Waals surface area (Å²) in [4.78, 5) is 22.0. The highest BCUT2D eigenvalue weighted by Gasteiger charge is 2.39. The van der Waals surface area contributed by atoms with Crippen LogP contribution in [0.5, 0.6) is 0 Å². The number of Topliss-reactive ketones (excluding diaryl/α,β-unsaturated/α-hetero) is 1. The van der Waals surface area contributed by atoms with Crippen molar-refractivity contribution in [3.63, 3.8) is 0 Å². The number of rotatable bonds is 6. The van der Waals surface area contributed by atoms with Gasteiger partial charge in [-0.3, -0.25) is 9.59 Å². The maximum atomic E-state index is 11.1. The van der Waals surface area contributed by atoms with E-state index in [0.29, 0.717) is 0 Å². The summed E-state index contributed by atoms with van der Waals surface area (Å²) < 4.78 is 4.28. The quantitative estimate of drug-likeness (QED) is 0.390. The first-order valence-corrected chi connectivity index (χ1v) is 4.52. The zero-order valence-corrected chi connectivity index (χ0v) is 8.77. The number of methoxy groups -OCH3 is 1. The van der Waals surface area contributed by atoms with Crippen LogP contribution in [0.1, 0.15) is 26.2 Å². The van der Waals surface area contributed by atoms with Crippen LogP contribution in [-0.2, 0) is 14.3 Å². The van der Waals surface area contributed by atoms with Gasteiger partial charge >= 0.3 is 5.97 Å². The number of hydrogen-bond acceptors (Lipinski definition) is 6. The summed E-state index contributed by atoms with van der Waals surface area (Å²) in [5, 5.41) is 27.5. The van der Waals surface area contributed by atoms with E-state index < -0.39 is 30.7 Å². The molecule has 15 heavy (non-hydrogen) atoms. The highest BCUT2D eigenvalue weighted by molar-refractivity contribution is 5.80. The van der Waals surface area contributed by atoms with Gasteiger partial charge in [0, 0.05) is 12.8 Å². The normalized spacial score (nSPS) is 14.8. The second kappa shape index (κ2) is 5.79. The van der Waals surface area contributed by atoms with E-state index in [-0.39, 0.29) is 12.2 Å². The van der Waals surface area contributed by atoms with E-state index in [4.69, 9.17) is 10.2 Å². The highest BCUT2D eigenvalue weighted by Crippen LogP contribution is 2.20. The second-order valence-corrected chi connectivity index (χ2v) is 3.30. The number of ketones is 1. The van der Waals surface area contributed by atoms with Crippen molar-refractivity contribution in [3.8, 4) is 0 Å². The molecule has 6 heteroatoms. The van der Waals surface area contributed by atoms with Crippen LogP contribution in [0.2, 0.25) is 0 Å². The zero-order chi connectivity index (χ0) is 12.1. The minimum Gasteiger partial charge on any atom is -0.469 e. The molecule has 0 saturated carbocycles. The number of hydrogen-bond donors (Lipinski definition) is 3. The molecule has 1 unspecified atom stereocenters. The Kier molecular flexibility index (Phi) is 5.41. The lowest BCUT2D eigenvalue weighted by Gasteiger charge is -2.27. The van der Waals surface area contributed by atoms with Crippen LogP contribution < -0.4 is 0 Å². The first-order chi connectivity index (χ1) is 6.85. The molecule has 0 aromatic carbocycles. The Morgan fingerprint density at radius 3 is 2.20 bits per heavy atom. The Balaban J connectivity index is 4.59. The van der Waals surface area contributed by atoms with Crippen molar-refractivity contribution in [3.05, 3.63) is 0 Å². The number of aliphatic hydroxyl groups excluding tert-OH is 1. The third-order valence-electron chi connectivity index (χ3n) is 2.06. The third-order valence-corrected chi connectivity index (χ3v) is 2.06. The van der Waals surface area contributed by atoms with E-state index in [1.807, 2.05) is 0 Å². The Morgan fingerprint density at radius 2 is 1.87 bits per heavy atom. The van der Waals surface area contributed by atoms with Gasteiger partial charge in [-0.15, -0.1) is 0 Å². The fraction of sp³-hybridized carbons (Fsp3) is 0.778. The predicted octanol–water partition coefficient (Wildman–Crippen LogP) is -1.04. The predicted molar refractivity (Wildman–Crippen MR) is 49.7 cm³/mol. The van der Waals surface area contributed by atoms with Crippen LogP contribution in [0, 0.1) is 0 Å². The lowest BCUT2D eigenvalue weighted by Crippen LogP contribution is -2.46. The Labute approximate surface area is 87.5 Å². The molecular weight excluding hydrogens is 204 g/mol.